The van der Waals surface area contributed by atoms with Crippen LogP contribution in [-0.2, 0) is 11.3 Å². The summed E-state index contributed by atoms with van der Waals surface area (Å²) in [6.45, 7) is 3.12. The number of benzene rings is 1. The zero-order chi connectivity index (χ0) is 13.1. The summed E-state index contributed by atoms with van der Waals surface area (Å²) in [6.07, 6.45) is -0.188. The van der Waals surface area contributed by atoms with Crippen LogP contribution in [-0.4, -0.2) is 42.1 Å². The quantitative estimate of drug-likeness (QED) is 0.873. The van der Waals surface area contributed by atoms with Gasteiger partial charge in [0.05, 0.1) is 25.9 Å². The van der Waals surface area contributed by atoms with Crippen molar-refractivity contribution in [3.05, 3.63) is 28.8 Å². The van der Waals surface area contributed by atoms with Gasteiger partial charge in [-0.25, -0.2) is 0 Å². The number of rotatable bonds is 3. The SMILES string of the molecule is CC1COC(CO)CN1c1cccc(Cl)c1CO. The largest absolute Gasteiger partial charge is 0.394 e. The highest BCUT2D eigenvalue weighted by Crippen LogP contribution is 2.30. The summed E-state index contributed by atoms with van der Waals surface area (Å²) in [6, 6.07) is 5.77. The normalized spacial score (nSPS) is 24.3. The van der Waals surface area contributed by atoms with Crippen molar-refractivity contribution in [2.45, 2.75) is 25.7 Å². The van der Waals surface area contributed by atoms with E-state index in [2.05, 4.69) is 11.8 Å². The van der Waals surface area contributed by atoms with E-state index in [1.54, 1.807) is 6.07 Å². The Kier molecular flexibility index (Phi) is 4.45. The zero-order valence-electron chi connectivity index (χ0n) is 10.3. The van der Waals surface area contributed by atoms with Crippen molar-refractivity contribution in [3.63, 3.8) is 0 Å². The Morgan fingerprint density at radius 1 is 1.44 bits per heavy atom. The molecule has 0 saturated carbocycles. The van der Waals surface area contributed by atoms with E-state index in [0.29, 0.717) is 18.2 Å². The van der Waals surface area contributed by atoms with Gasteiger partial charge in [-0.2, -0.15) is 0 Å². The Balaban J connectivity index is 2.31. The molecule has 2 atom stereocenters. The van der Waals surface area contributed by atoms with E-state index in [-0.39, 0.29) is 25.4 Å². The Hall–Kier alpha value is -0.810. The highest BCUT2D eigenvalue weighted by Gasteiger charge is 2.27. The van der Waals surface area contributed by atoms with Gasteiger partial charge < -0.3 is 19.8 Å². The van der Waals surface area contributed by atoms with Crippen molar-refractivity contribution in [2.24, 2.45) is 0 Å². The van der Waals surface area contributed by atoms with Crippen molar-refractivity contribution in [1.82, 2.24) is 0 Å². The van der Waals surface area contributed by atoms with E-state index in [1.807, 2.05) is 12.1 Å². The number of anilines is 1. The molecule has 1 aliphatic rings. The second kappa shape index (κ2) is 5.89. The van der Waals surface area contributed by atoms with Gasteiger partial charge in [-0.1, -0.05) is 17.7 Å². The molecule has 1 aromatic carbocycles. The molecule has 1 fully saturated rings. The molecule has 0 aliphatic carbocycles. The van der Waals surface area contributed by atoms with Crippen molar-refractivity contribution in [3.8, 4) is 0 Å². The third-order valence-electron chi connectivity index (χ3n) is 3.27. The maximum atomic E-state index is 9.45. The number of hydrogen-bond acceptors (Lipinski definition) is 4. The second-order valence-corrected chi connectivity index (χ2v) is 4.94. The average Bonchev–Trinajstić information content (AvgIpc) is 2.39. The molecule has 0 radical (unpaired) electrons. The molecule has 2 unspecified atom stereocenters. The predicted molar refractivity (Wildman–Crippen MR) is 71.0 cm³/mol. The van der Waals surface area contributed by atoms with Crippen molar-refractivity contribution < 1.29 is 14.9 Å². The van der Waals surface area contributed by atoms with E-state index >= 15 is 0 Å². The number of hydrogen-bond donors (Lipinski definition) is 2. The second-order valence-electron chi connectivity index (χ2n) is 4.53. The van der Waals surface area contributed by atoms with E-state index in [0.717, 1.165) is 11.3 Å². The van der Waals surface area contributed by atoms with Crippen LogP contribution in [0.3, 0.4) is 0 Å². The Morgan fingerprint density at radius 2 is 2.22 bits per heavy atom. The van der Waals surface area contributed by atoms with Gasteiger partial charge in [-0.15, -0.1) is 0 Å². The van der Waals surface area contributed by atoms with Gasteiger partial charge in [0.1, 0.15) is 0 Å². The molecule has 1 heterocycles. The Labute approximate surface area is 112 Å². The van der Waals surface area contributed by atoms with Crippen LogP contribution in [0.4, 0.5) is 5.69 Å². The summed E-state index contributed by atoms with van der Waals surface area (Å²) in [7, 11) is 0. The molecule has 0 aromatic heterocycles. The molecule has 0 amide bonds. The number of nitrogens with zero attached hydrogens (tertiary/aromatic N) is 1. The van der Waals surface area contributed by atoms with Gasteiger partial charge in [0.25, 0.3) is 0 Å². The fourth-order valence-corrected chi connectivity index (χ4v) is 2.47. The lowest BCUT2D eigenvalue weighted by Gasteiger charge is -2.40. The lowest BCUT2D eigenvalue weighted by molar-refractivity contribution is -0.0104. The van der Waals surface area contributed by atoms with Gasteiger partial charge in [-0.3, -0.25) is 0 Å². The fraction of sp³-hybridized carbons (Fsp3) is 0.538. The summed E-state index contributed by atoms with van der Waals surface area (Å²) < 4.78 is 5.51. The first-order valence-corrected chi connectivity index (χ1v) is 6.42. The van der Waals surface area contributed by atoms with Crippen LogP contribution < -0.4 is 4.90 Å². The smallest absolute Gasteiger partial charge is 0.0981 e. The highest BCUT2D eigenvalue weighted by molar-refractivity contribution is 6.31. The maximum absolute atomic E-state index is 9.45. The topological polar surface area (TPSA) is 52.9 Å². The minimum Gasteiger partial charge on any atom is -0.394 e. The Morgan fingerprint density at radius 3 is 2.89 bits per heavy atom. The van der Waals surface area contributed by atoms with Crippen LogP contribution in [0.5, 0.6) is 0 Å². The van der Waals surface area contributed by atoms with Crippen LogP contribution in [0.15, 0.2) is 18.2 Å². The van der Waals surface area contributed by atoms with E-state index in [1.165, 1.54) is 0 Å². The van der Waals surface area contributed by atoms with Gasteiger partial charge in [-0.05, 0) is 19.1 Å². The fourth-order valence-electron chi connectivity index (χ4n) is 2.24. The van der Waals surface area contributed by atoms with Crippen LogP contribution in [0.2, 0.25) is 5.02 Å². The molecular formula is C13H18ClNO3. The lowest BCUT2D eigenvalue weighted by atomic mass is 10.1. The van der Waals surface area contributed by atoms with Gasteiger partial charge >= 0.3 is 0 Å². The molecule has 5 heteroatoms. The molecule has 2 N–H and O–H groups in total. The summed E-state index contributed by atoms with van der Waals surface area (Å²) in [5.74, 6) is 0. The summed E-state index contributed by atoms with van der Waals surface area (Å²) in [4.78, 5) is 2.13. The molecule has 2 rings (SSSR count). The standard InChI is InChI=1S/C13H18ClNO3/c1-9-8-18-10(6-16)5-15(9)13-4-2-3-12(14)11(13)7-17/h2-4,9-10,16-17H,5-8H2,1H3. The first kappa shape index (κ1) is 13.6. The van der Waals surface area contributed by atoms with E-state index in [4.69, 9.17) is 16.3 Å². The van der Waals surface area contributed by atoms with Gasteiger partial charge in [0.15, 0.2) is 0 Å². The number of ether oxygens (including phenoxy) is 1. The monoisotopic (exact) mass is 271 g/mol. The summed E-state index contributed by atoms with van der Waals surface area (Å²) >= 11 is 6.10. The van der Waals surface area contributed by atoms with Crippen LogP contribution in [0.1, 0.15) is 12.5 Å². The molecule has 0 bridgehead atoms. The molecule has 18 heavy (non-hydrogen) atoms. The maximum Gasteiger partial charge on any atom is 0.0981 e. The van der Waals surface area contributed by atoms with Crippen LogP contribution >= 0.6 is 11.6 Å². The number of aliphatic hydroxyl groups is 2. The molecule has 1 aromatic rings. The average molecular weight is 272 g/mol. The summed E-state index contributed by atoms with van der Waals surface area (Å²) in [5, 5.41) is 19.2. The molecular weight excluding hydrogens is 254 g/mol. The molecule has 1 saturated heterocycles. The van der Waals surface area contributed by atoms with Gasteiger partial charge in [0.2, 0.25) is 0 Å². The van der Waals surface area contributed by atoms with Gasteiger partial charge in [0, 0.05) is 28.9 Å². The summed E-state index contributed by atoms with van der Waals surface area (Å²) in [5.41, 5.74) is 1.64. The van der Waals surface area contributed by atoms with E-state index in [9.17, 15) is 10.2 Å². The molecule has 1 aliphatic heterocycles. The zero-order valence-corrected chi connectivity index (χ0v) is 11.1. The Bertz CT molecular complexity index is 413. The van der Waals surface area contributed by atoms with Crippen LogP contribution in [0, 0.1) is 0 Å². The molecule has 4 nitrogen and oxygen atoms in total. The van der Waals surface area contributed by atoms with Crippen molar-refractivity contribution >= 4 is 17.3 Å². The van der Waals surface area contributed by atoms with Crippen molar-refractivity contribution in [1.29, 1.82) is 0 Å². The lowest BCUT2D eigenvalue weighted by Crippen LogP contribution is -2.50. The first-order valence-electron chi connectivity index (χ1n) is 6.04. The highest BCUT2D eigenvalue weighted by atomic mass is 35.5. The van der Waals surface area contributed by atoms with Crippen molar-refractivity contribution in [2.75, 3.05) is 24.7 Å². The minimum atomic E-state index is -0.188. The third-order valence-corrected chi connectivity index (χ3v) is 3.62. The minimum absolute atomic E-state index is 0.00174. The first-order chi connectivity index (χ1) is 8.67. The molecule has 100 valence electrons. The predicted octanol–water partition coefficient (Wildman–Crippen LogP) is 1.42. The third kappa shape index (κ3) is 2.62. The number of halogens is 1. The van der Waals surface area contributed by atoms with E-state index < -0.39 is 0 Å². The van der Waals surface area contributed by atoms with Crippen LogP contribution in [0.25, 0.3) is 0 Å². The number of morpholine rings is 1. The number of aliphatic hydroxyl groups excluding tert-OH is 2. The molecule has 0 spiro atoms.